The number of hydrogen-bond acceptors (Lipinski definition) is 3. The number of methoxy groups -OCH3 is 1. The lowest BCUT2D eigenvalue weighted by Gasteiger charge is -2.08. The van der Waals surface area contributed by atoms with Crippen molar-refractivity contribution in [2.75, 3.05) is 18.2 Å². The Bertz CT molecular complexity index is 629. The van der Waals surface area contributed by atoms with Gasteiger partial charge in [0.25, 0.3) is 0 Å². The maximum absolute atomic E-state index is 13.5. The summed E-state index contributed by atoms with van der Waals surface area (Å²) in [5, 5.41) is 2.62. The van der Waals surface area contributed by atoms with Crippen molar-refractivity contribution in [1.82, 2.24) is 0 Å². The number of halogens is 1. The number of amides is 1. The first-order valence-electron chi connectivity index (χ1n) is 6.07. The number of rotatable bonds is 4. The van der Waals surface area contributed by atoms with E-state index in [9.17, 15) is 9.18 Å². The fourth-order valence-corrected chi connectivity index (χ4v) is 1.82. The molecule has 0 spiro atoms. The summed E-state index contributed by atoms with van der Waals surface area (Å²) in [5.41, 5.74) is 7.44. The molecule has 0 unspecified atom stereocenters. The Labute approximate surface area is 116 Å². The van der Waals surface area contributed by atoms with Gasteiger partial charge in [-0.1, -0.05) is 18.2 Å². The third kappa shape index (κ3) is 3.26. The van der Waals surface area contributed by atoms with E-state index in [1.807, 2.05) is 6.07 Å². The van der Waals surface area contributed by atoms with E-state index in [1.54, 1.807) is 24.3 Å². The average molecular weight is 274 g/mol. The lowest BCUT2D eigenvalue weighted by atomic mass is 10.1. The lowest BCUT2D eigenvalue weighted by Crippen LogP contribution is -2.15. The molecule has 0 fully saturated rings. The van der Waals surface area contributed by atoms with Gasteiger partial charge >= 0.3 is 0 Å². The molecule has 3 N–H and O–H groups in total. The van der Waals surface area contributed by atoms with Gasteiger partial charge in [-0.15, -0.1) is 0 Å². The van der Waals surface area contributed by atoms with E-state index in [0.29, 0.717) is 11.4 Å². The first kappa shape index (κ1) is 13.9. The second-order valence-electron chi connectivity index (χ2n) is 4.27. The molecule has 0 aliphatic rings. The summed E-state index contributed by atoms with van der Waals surface area (Å²) >= 11 is 0. The number of ether oxygens (including phenoxy) is 1. The molecule has 5 heteroatoms. The monoisotopic (exact) mass is 274 g/mol. The van der Waals surface area contributed by atoms with Crippen molar-refractivity contribution in [3.05, 3.63) is 53.8 Å². The molecule has 0 aromatic heterocycles. The third-order valence-electron chi connectivity index (χ3n) is 2.84. The van der Waals surface area contributed by atoms with Gasteiger partial charge in [0.05, 0.1) is 13.5 Å². The van der Waals surface area contributed by atoms with Crippen LogP contribution in [0.4, 0.5) is 15.8 Å². The summed E-state index contributed by atoms with van der Waals surface area (Å²) in [5.74, 6) is -0.646. The van der Waals surface area contributed by atoms with Crippen LogP contribution >= 0.6 is 0 Å². The van der Waals surface area contributed by atoms with Crippen LogP contribution in [0.5, 0.6) is 5.75 Å². The molecule has 0 aliphatic carbocycles. The van der Waals surface area contributed by atoms with Gasteiger partial charge < -0.3 is 15.8 Å². The molecule has 20 heavy (non-hydrogen) atoms. The Kier molecular flexibility index (Phi) is 4.20. The molecule has 2 aromatic carbocycles. The van der Waals surface area contributed by atoms with E-state index in [2.05, 4.69) is 5.32 Å². The molecule has 2 rings (SSSR count). The second-order valence-corrected chi connectivity index (χ2v) is 4.27. The Morgan fingerprint density at radius 3 is 2.70 bits per heavy atom. The fourth-order valence-electron chi connectivity index (χ4n) is 1.82. The van der Waals surface area contributed by atoms with Crippen LogP contribution in [0.25, 0.3) is 0 Å². The minimum Gasteiger partial charge on any atom is -0.494 e. The molecule has 0 saturated heterocycles. The predicted molar refractivity (Wildman–Crippen MR) is 76.1 cm³/mol. The Hall–Kier alpha value is -2.56. The number of nitrogens with two attached hydrogens (primary N) is 1. The molecule has 0 saturated carbocycles. The fraction of sp³-hybridized carbons (Fsp3) is 0.133. The van der Waals surface area contributed by atoms with E-state index in [4.69, 9.17) is 10.5 Å². The van der Waals surface area contributed by atoms with Crippen molar-refractivity contribution in [2.45, 2.75) is 6.42 Å². The third-order valence-corrected chi connectivity index (χ3v) is 2.84. The molecule has 1 amide bonds. The highest BCUT2D eigenvalue weighted by Gasteiger charge is 2.08. The smallest absolute Gasteiger partial charge is 0.228 e. The number of carbonyl (C=O) groups excluding carboxylic acids is 1. The van der Waals surface area contributed by atoms with Gasteiger partial charge in [0, 0.05) is 17.4 Å². The van der Waals surface area contributed by atoms with Crippen molar-refractivity contribution < 1.29 is 13.9 Å². The number of nitrogen functional groups attached to an aromatic ring is 1. The van der Waals surface area contributed by atoms with Crippen LogP contribution in [0, 0.1) is 5.82 Å². The molecule has 0 aliphatic heterocycles. The molecule has 2 aromatic rings. The van der Waals surface area contributed by atoms with Crippen LogP contribution in [0.2, 0.25) is 0 Å². The van der Waals surface area contributed by atoms with Crippen molar-refractivity contribution in [2.24, 2.45) is 0 Å². The second kappa shape index (κ2) is 6.06. The summed E-state index contributed by atoms with van der Waals surface area (Å²) in [6.45, 7) is 0. The summed E-state index contributed by atoms with van der Waals surface area (Å²) in [4.78, 5) is 11.9. The SMILES string of the molecule is COc1ccc(NC(=O)Cc2ccccc2N)cc1F. The number of para-hydroxylation sites is 1. The van der Waals surface area contributed by atoms with Crippen LogP contribution in [0.1, 0.15) is 5.56 Å². The van der Waals surface area contributed by atoms with E-state index in [0.717, 1.165) is 5.56 Å². The quantitative estimate of drug-likeness (QED) is 0.842. The maximum atomic E-state index is 13.5. The number of benzene rings is 2. The molecule has 0 heterocycles. The molecule has 0 atom stereocenters. The predicted octanol–water partition coefficient (Wildman–Crippen LogP) is 2.60. The standard InChI is InChI=1S/C15H15FN2O2/c1-20-14-7-6-11(9-12(14)16)18-15(19)8-10-4-2-3-5-13(10)17/h2-7,9H,8,17H2,1H3,(H,18,19). The minimum absolute atomic E-state index is 0.135. The number of nitrogens with one attached hydrogen (secondary N) is 1. The highest BCUT2D eigenvalue weighted by molar-refractivity contribution is 5.93. The topological polar surface area (TPSA) is 64.3 Å². The average Bonchev–Trinajstić information content (AvgIpc) is 2.41. The Morgan fingerprint density at radius 1 is 1.30 bits per heavy atom. The molecular weight excluding hydrogens is 259 g/mol. The summed E-state index contributed by atoms with van der Waals surface area (Å²) < 4.78 is 18.3. The number of hydrogen-bond donors (Lipinski definition) is 2. The van der Waals surface area contributed by atoms with Gasteiger partial charge in [-0.25, -0.2) is 4.39 Å². The maximum Gasteiger partial charge on any atom is 0.228 e. The highest BCUT2D eigenvalue weighted by Crippen LogP contribution is 2.21. The summed E-state index contributed by atoms with van der Waals surface area (Å²) in [6, 6.07) is 11.4. The van der Waals surface area contributed by atoms with Crippen LogP contribution in [-0.4, -0.2) is 13.0 Å². The van der Waals surface area contributed by atoms with E-state index >= 15 is 0 Å². The van der Waals surface area contributed by atoms with Gasteiger partial charge in [0.1, 0.15) is 0 Å². The van der Waals surface area contributed by atoms with Crippen molar-refractivity contribution in [3.63, 3.8) is 0 Å². The van der Waals surface area contributed by atoms with Crippen molar-refractivity contribution in [1.29, 1.82) is 0 Å². The minimum atomic E-state index is -0.524. The largest absolute Gasteiger partial charge is 0.494 e. The van der Waals surface area contributed by atoms with Crippen LogP contribution in [0.15, 0.2) is 42.5 Å². The lowest BCUT2D eigenvalue weighted by molar-refractivity contribution is -0.115. The van der Waals surface area contributed by atoms with Gasteiger partial charge in [-0.2, -0.15) is 0 Å². The van der Waals surface area contributed by atoms with Gasteiger partial charge in [-0.3, -0.25) is 4.79 Å². The molecular formula is C15H15FN2O2. The van der Waals surface area contributed by atoms with Crippen molar-refractivity contribution in [3.8, 4) is 5.75 Å². The first-order valence-corrected chi connectivity index (χ1v) is 6.07. The molecule has 0 bridgehead atoms. The Balaban J connectivity index is 2.05. The highest BCUT2D eigenvalue weighted by atomic mass is 19.1. The molecule has 4 nitrogen and oxygen atoms in total. The van der Waals surface area contributed by atoms with Crippen LogP contribution in [-0.2, 0) is 11.2 Å². The normalized spacial score (nSPS) is 10.1. The summed E-state index contributed by atoms with van der Waals surface area (Å²) in [6.07, 6.45) is 0.139. The van der Waals surface area contributed by atoms with Gasteiger partial charge in [0.2, 0.25) is 5.91 Å². The van der Waals surface area contributed by atoms with Gasteiger partial charge in [0.15, 0.2) is 11.6 Å². The van der Waals surface area contributed by atoms with Crippen molar-refractivity contribution >= 4 is 17.3 Å². The van der Waals surface area contributed by atoms with E-state index in [-0.39, 0.29) is 18.1 Å². The zero-order valence-corrected chi connectivity index (χ0v) is 11.0. The van der Waals surface area contributed by atoms with E-state index in [1.165, 1.54) is 19.2 Å². The zero-order valence-electron chi connectivity index (χ0n) is 11.0. The first-order chi connectivity index (χ1) is 9.60. The summed E-state index contributed by atoms with van der Waals surface area (Å²) in [7, 11) is 1.38. The van der Waals surface area contributed by atoms with Crippen LogP contribution in [0.3, 0.4) is 0 Å². The van der Waals surface area contributed by atoms with Gasteiger partial charge in [-0.05, 0) is 23.8 Å². The zero-order chi connectivity index (χ0) is 14.5. The Morgan fingerprint density at radius 2 is 2.05 bits per heavy atom. The number of carbonyl (C=O) groups is 1. The molecule has 0 radical (unpaired) electrons. The van der Waals surface area contributed by atoms with E-state index < -0.39 is 5.82 Å². The number of anilines is 2. The van der Waals surface area contributed by atoms with Crippen LogP contribution < -0.4 is 15.8 Å². The molecule has 104 valence electrons.